The number of benzene rings is 1. The lowest BCUT2D eigenvalue weighted by Gasteiger charge is -2.32. The number of hydrogen-bond acceptors (Lipinski definition) is 3. The number of fused-ring (bicyclic) bond motifs is 1. The molecule has 0 spiro atoms. The molecule has 5 heteroatoms. The third-order valence-corrected chi connectivity index (χ3v) is 4.20. The summed E-state index contributed by atoms with van der Waals surface area (Å²) in [5, 5.41) is 5.18. The molecule has 1 saturated heterocycles. The molecule has 21 heavy (non-hydrogen) atoms. The van der Waals surface area contributed by atoms with Gasteiger partial charge in [-0.05, 0) is 37.1 Å². The predicted molar refractivity (Wildman–Crippen MR) is 83.8 cm³/mol. The summed E-state index contributed by atoms with van der Waals surface area (Å²) in [6.45, 7) is 4.21. The van der Waals surface area contributed by atoms with Gasteiger partial charge in [0.1, 0.15) is 11.9 Å². The minimum atomic E-state index is 0.735. The third kappa shape index (κ3) is 1.98. The van der Waals surface area contributed by atoms with Gasteiger partial charge in [0.05, 0.1) is 11.9 Å². The van der Waals surface area contributed by atoms with Gasteiger partial charge >= 0.3 is 0 Å². The van der Waals surface area contributed by atoms with Crippen molar-refractivity contribution in [1.82, 2.24) is 14.6 Å². The molecule has 3 aromatic rings. The lowest BCUT2D eigenvalue weighted by atomic mass is 10.1. The van der Waals surface area contributed by atoms with Crippen LogP contribution in [0.15, 0.2) is 30.5 Å². The lowest BCUT2D eigenvalue weighted by molar-refractivity contribution is 0.617. The molecular weight excluding hydrogens is 284 g/mol. The number of aryl methyl sites for hydroxylation is 1. The Balaban J connectivity index is 1.90. The van der Waals surface area contributed by atoms with Gasteiger partial charge in [0.25, 0.3) is 0 Å². The molecule has 0 unspecified atom stereocenters. The maximum atomic E-state index is 6.03. The largest absolute Gasteiger partial charge is 0.368 e. The third-order valence-electron chi connectivity index (χ3n) is 3.96. The van der Waals surface area contributed by atoms with E-state index in [1.54, 1.807) is 0 Å². The molecule has 1 aromatic carbocycles. The van der Waals surface area contributed by atoms with Gasteiger partial charge in [-0.3, -0.25) is 0 Å². The topological polar surface area (TPSA) is 33.4 Å². The molecule has 0 atom stereocenters. The Labute approximate surface area is 128 Å². The Kier molecular flexibility index (Phi) is 2.86. The molecule has 2 aromatic heterocycles. The molecule has 1 aliphatic rings. The first-order chi connectivity index (χ1) is 10.2. The van der Waals surface area contributed by atoms with Crippen molar-refractivity contribution in [2.45, 2.75) is 13.3 Å². The van der Waals surface area contributed by atoms with E-state index in [1.165, 1.54) is 6.42 Å². The Hall–Kier alpha value is -2.07. The van der Waals surface area contributed by atoms with Crippen LogP contribution in [0.25, 0.3) is 16.9 Å². The normalized spacial score (nSPS) is 14.5. The van der Waals surface area contributed by atoms with Gasteiger partial charge in [-0.2, -0.15) is 5.10 Å². The molecule has 4 nitrogen and oxygen atoms in total. The Morgan fingerprint density at radius 3 is 2.81 bits per heavy atom. The zero-order valence-electron chi connectivity index (χ0n) is 11.7. The first kappa shape index (κ1) is 12.7. The highest BCUT2D eigenvalue weighted by molar-refractivity contribution is 6.30. The van der Waals surface area contributed by atoms with Crippen LogP contribution < -0.4 is 4.90 Å². The molecule has 4 rings (SSSR count). The molecule has 3 heterocycles. The van der Waals surface area contributed by atoms with E-state index >= 15 is 0 Å². The van der Waals surface area contributed by atoms with Crippen LogP contribution in [0.1, 0.15) is 12.0 Å². The molecule has 0 aliphatic carbocycles. The van der Waals surface area contributed by atoms with Gasteiger partial charge in [0.2, 0.25) is 0 Å². The fourth-order valence-electron chi connectivity index (χ4n) is 2.70. The smallest absolute Gasteiger partial charge is 0.178 e. The summed E-state index contributed by atoms with van der Waals surface area (Å²) in [5.41, 5.74) is 5.02. The SMILES string of the molecule is Cc1cc(Cl)ccc1-c1[c]nc2c(N3CCC3)ccnn12. The van der Waals surface area contributed by atoms with Gasteiger partial charge in [0, 0.05) is 23.7 Å². The van der Waals surface area contributed by atoms with Gasteiger partial charge in [-0.15, -0.1) is 0 Å². The van der Waals surface area contributed by atoms with Crippen LogP contribution in [0.3, 0.4) is 0 Å². The van der Waals surface area contributed by atoms with Gasteiger partial charge in [-0.1, -0.05) is 17.7 Å². The van der Waals surface area contributed by atoms with Gasteiger partial charge in [-0.25, -0.2) is 9.50 Å². The van der Waals surface area contributed by atoms with Crippen molar-refractivity contribution in [2.75, 3.05) is 18.0 Å². The number of aromatic nitrogens is 3. The number of rotatable bonds is 2. The fraction of sp³-hybridized carbons (Fsp3) is 0.250. The highest BCUT2D eigenvalue weighted by Gasteiger charge is 2.20. The molecule has 0 saturated carbocycles. The Morgan fingerprint density at radius 2 is 2.10 bits per heavy atom. The minimum Gasteiger partial charge on any atom is -0.368 e. The minimum absolute atomic E-state index is 0.735. The van der Waals surface area contributed by atoms with E-state index in [0.29, 0.717) is 0 Å². The fourth-order valence-corrected chi connectivity index (χ4v) is 2.93. The summed E-state index contributed by atoms with van der Waals surface area (Å²) in [7, 11) is 0. The second-order valence-electron chi connectivity index (χ2n) is 5.32. The molecule has 1 radical (unpaired) electrons. The highest BCUT2D eigenvalue weighted by Crippen LogP contribution is 2.30. The average Bonchev–Trinajstić information content (AvgIpc) is 2.82. The zero-order chi connectivity index (χ0) is 14.4. The van der Waals surface area contributed by atoms with Crippen LogP contribution in [0, 0.1) is 13.1 Å². The lowest BCUT2D eigenvalue weighted by Crippen LogP contribution is -2.37. The summed E-state index contributed by atoms with van der Waals surface area (Å²) in [6.07, 6.45) is 6.18. The van der Waals surface area contributed by atoms with Crippen LogP contribution >= 0.6 is 11.6 Å². The van der Waals surface area contributed by atoms with Crippen molar-refractivity contribution in [3.05, 3.63) is 47.2 Å². The van der Waals surface area contributed by atoms with Gasteiger partial charge < -0.3 is 4.90 Å². The number of hydrogen-bond donors (Lipinski definition) is 0. The summed E-state index contributed by atoms with van der Waals surface area (Å²) >= 11 is 6.03. The van der Waals surface area contributed by atoms with Crippen molar-refractivity contribution in [2.24, 2.45) is 0 Å². The maximum absolute atomic E-state index is 6.03. The number of anilines is 1. The van der Waals surface area contributed by atoms with Crippen molar-refractivity contribution in [3.63, 3.8) is 0 Å². The quantitative estimate of drug-likeness (QED) is 0.727. The first-order valence-corrected chi connectivity index (χ1v) is 7.39. The van der Waals surface area contributed by atoms with Crippen molar-refractivity contribution in [3.8, 4) is 11.3 Å². The van der Waals surface area contributed by atoms with E-state index in [-0.39, 0.29) is 0 Å². The van der Waals surface area contributed by atoms with E-state index < -0.39 is 0 Å². The van der Waals surface area contributed by atoms with Crippen LogP contribution in [0.5, 0.6) is 0 Å². The summed E-state index contributed by atoms with van der Waals surface area (Å²) in [5.74, 6) is 0. The van der Waals surface area contributed by atoms with Crippen molar-refractivity contribution < 1.29 is 0 Å². The van der Waals surface area contributed by atoms with Crippen molar-refractivity contribution in [1.29, 1.82) is 0 Å². The van der Waals surface area contributed by atoms with Crippen molar-refractivity contribution >= 4 is 22.9 Å². The first-order valence-electron chi connectivity index (χ1n) is 7.01. The molecule has 1 aliphatic heterocycles. The zero-order valence-corrected chi connectivity index (χ0v) is 12.4. The monoisotopic (exact) mass is 297 g/mol. The molecule has 1 fully saturated rings. The maximum Gasteiger partial charge on any atom is 0.178 e. The van der Waals surface area contributed by atoms with E-state index in [2.05, 4.69) is 21.2 Å². The predicted octanol–water partition coefficient (Wildman–Crippen LogP) is 3.37. The second kappa shape index (κ2) is 4.74. The molecule has 105 valence electrons. The molecule has 0 N–H and O–H groups in total. The molecule has 0 amide bonds. The molecular formula is C16H14ClN4. The summed E-state index contributed by atoms with van der Waals surface area (Å²) < 4.78 is 1.86. The summed E-state index contributed by atoms with van der Waals surface area (Å²) in [6, 6.07) is 7.85. The van der Waals surface area contributed by atoms with E-state index in [9.17, 15) is 0 Å². The standard InChI is InChI=1S/C16H14ClN4/c1-11-9-12(17)3-4-13(11)15-10-18-16-14(20-7-2-8-20)5-6-19-21(15)16/h3-6,9H,2,7-8H2,1H3. The number of halogens is 1. The number of nitrogens with zero attached hydrogens (tertiary/aromatic N) is 4. The van der Waals surface area contributed by atoms with Crippen LogP contribution in [-0.2, 0) is 0 Å². The number of imidazole rings is 1. The Bertz CT molecular complexity index is 820. The van der Waals surface area contributed by atoms with Crippen LogP contribution in [0.2, 0.25) is 5.02 Å². The van der Waals surface area contributed by atoms with Crippen LogP contribution in [0.4, 0.5) is 5.69 Å². The van der Waals surface area contributed by atoms with E-state index in [0.717, 1.165) is 46.3 Å². The van der Waals surface area contributed by atoms with E-state index in [4.69, 9.17) is 11.6 Å². The highest BCUT2D eigenvalue weighted by atomic mass is 35.5. The Morgan fingerprint density at radius 1 is 1.24 bits per heavy atom. The van der Waals surface area contributed by atoms with E-state index in [1.807, 2.05) is 41.9 Å². The second-order valence-corrected chi connectivity index (χ2v) is 5.76. The average molecular weight is 298 g/mol. The van der Waals surface area contributed by atoms with Gasteiger partial charge in [0.15, 0.2) is 5.65 Å². The van der Waals surface area contributed by atoms with Crippen LogP contribution in [-0.4, -0.2) is 27.7 Å². The summed E-state index contributed by atoms with van der Waals surface area (Å²) in [4.78, 5) is 6.78. The molecule has 0 bridgehead atoms.